The minimum absolute atomic E-state index is 0.582. The van der Waals surface area contributed by atoms with Crippen molar-refractivity contribution >= 4 is 24.5 Å². The van der Waals surface area contributed by atoms with E-state index in [1.54, 1.807) is 0 Å². The quantitative estimate of drug-likeness (QED) is 0.709. The highest BCUT2D eigenvalue weighted by atomic mass is 32.1. The molecule has 0 saturated carbocycles. The molecule has 0 aliphatic carbocycles. The van der Waals surface area contributed by atoms with Crippen LogP contribution >= 0.6 is 12.6 Å². The zero-order valence-electron chi connectivity index (χ0n) is 7.91. The zero-order valence-corrected chi connectivity index (χ0v) is 8.81. The summed E-state index contributed by atoms with van der Waals surface area (Å²) >= 11 is 4.11. The lowest BCUT2D eigenvalue weighted by molar-refractivity contribution is 1.17. The van der Waals surface area contributed by atoms with Crippen molar-refractivity contribution in [1.29, 1.82) is 0 Å². The second kappa shape index (κ2) is 4.33. The summed E-state index contributed by atoms with van der Waals surface area (Å²) in [4.78, 5) is 4.19. The Morgan fingerprint density at radius 2 is 2.23 bits per heavy atom. The summed E-state index contributed by atoms with van der Waals surface area (Å²) in [5.41, 5.74) is 8.87. The normalized spacial score (nSPS) is 11.0. The van der Waals surface area contributed by atoms with Crippen molar-refractivity contribution in [2.24, 2.45) is 0 Å². The van der Waals surface area contributed by atoms with E-state index in [1.807, 2.05) is 32.1 Å². The summed E-state index contributed by atoms with van der Waals surface area (Å²) in [6.45, 7) is 3.99. The largest absolute Gasteiger partial charge is 0.384 e. The van der Waals surface area contributed by atoms with Crippen LogP contribution in [0.2, 0.25) is 0 Å². The van der Waals surface area contributed by atoms with Crippen molar-refractivity contribution in [1.82, 2.24) is 4.98 Å². The van der Waals surface area contributed by atoms with Crippen LogP contribution in [0.1, 0.15) is 16.8 Å². The summed E-state index contributed by atoms with van der Waals surface area (Å²) in [7, 11) is 0. The van der Waals surface area contributed by atoms with Gasteiger partial charge in [0.15, 0.2) is 0 Å². The number of nitrogens with two attached hydrogens (primary N) is 1. The second-order valence-corrected chi connectivity index (χ2v) is 3.31. The van der Waals surface area contributed by atoms with Crippen LogP contribution in [-0.4, -0.2) is 10.7 Å². The molecule has 3 heteroatoms. The SMILES string of the molecule is Cc1cc(N)nc(C)c1C=CCS. The van der Waals surface area contributed by atoms with Gasteiger partial charge in [0.05, 0.1) is 0 Å². The van der Waals surface area contributed by atoms with Crippen molar-refractivity contribution in [2.45, 2.75) is 13.8 Å². The van der Waals surface area contributed by atoms with Gasteiger partial charge in [-0.1, -0.05) is 12.2 Å². The van der Waals surface area contributed by atoms with Crippen LogP contribution in [0.15, 0.2) is 12.1 Å². The Morgan fingerprint density at radius 1 is 1.54 bits per heavy atom. The number of aromatic nitrogens is 1. The van der Waals surface area contributed by atoms with E-state index < -0.39 is 0 Å². The highest BCUT2D eigenvalue weighted by Crippen LogP contribution is 2.15. The molecular formula is C10H14N2S. The van der Waals surface area contributed by atoms with Gasteiger partial charge in [-0.25, -0.2) is 4.98 Å². The second-order valence-electron chi connectivity index (χ2n) is 2.95. The monoisotopic (exact) mass is 194 g/mol. The first-order chi connectivity index (χ1) is 6.15. The summed E-state index contributed by atoms with van der Waals surface area (Å²) in [5, 5.41) is 0. The van der Waals surface area contributed by atoms with Gasteiger partial charge < -0.3 is 5.73 Å². The highest BCUT2D eigenvalue weighted by Gasteiger charge is 2.00. The lowest BCUT2D eigenvalue weighted by Gasteiger charge is -2.05. The molecule has 70 valence electrons. The van der Waals surface area contributed by atoms with E-state index in [9.17, 15) is 0 Å². The first-order valence-electron chi connectivity index (χ1n) is 4.16. The van der Waals surface area contributed by atoms with Gasteiger partial charge >= 0.3 is 0 Å². The molecule has 13 heavy (non-hydrogen) atoms. The fraction of sp³-hybridized carbons (Fsp3) is 0.300. The molecule has 1 rings (SSSR count). The van der Waals surface area contributed by atoms with Crippen LogP contribution in [0.25, 0.3) is 6.08 Å². The molecule has 0 radical (unpaired) electrons. The summed E-state index contributed by atoms with van der Waals surface area (Å²) < 4.78 is 0. The number of hydrogen-bond acceptors (Lipinski definition) is 3. The van der Waals surface area contributed by atoms with Crippen LogP contribution in [0.5, 0.6) is 0 Å². The third-order valence-electron chi connectivity index (χ3n) is 1.87. The smallest absolute Gasteiger partial charge is 0.123 e. The Balaban J connectivity index is 3.13. The Bertz CT molecular complexity index is 309. The number of anilines is 1. The van der Waals surface area contributed by atoms with E-state index >= 15 is 0 Å². The van der Waals surface area contributed by atoms with Crippen molar-refractivity contribution in [3.8, 4) is 0 Å². The van der Waals surface area contributed by atoms with E-state index in [0.29, 0.717) is 5.82 Å². The first-order valence-corrected chi connectivity index (χ1v) is 4.79. The number of pyridine rings is 1. The molecule has 0 atom stereocenters. The van der Waals surface area contributed by atoms with Gasteiger partial charge in [0.2, 0.25) is 0 Å². The van der Waals surface area contributed by atoms with Crippen LogP contribution < -0.4 is 5.73 Å². The van der Waals surface area contributed by atoms with E-state index in [-0.39, 0.29) is 0 Å². The minimum Gasteiger partial charge on any atom is -0.384 e. The number of nitrogen functional groups attached to an aromatic ring is 1. The maximum Gasteiger partial charge on any atom is 0.123 e. The molecule has 0 aliphatic heterocycles. The van der Waals surface area contributed by atoms with Crippen LogP contribution in [0, 0.1) is 13.8 Å². The summed E-state index contributed by atoms with van der Waals surface area (Å²) in [5.74, 6) is 1.32. The summed E-state index contributed by atoms with van der Waals surface area (Å²) in [6.07, 6.45) is 4.03. The molecule has 1 aromatic heterocycles. The number of aryl methyl sites for hydroxylation is 2. The predicted molar refractivity (Wildman–Crippen MR) is 61.0 cm³/mol. The molecule has 2 N–H and O–H groups in total. The Morgan fingerprint density at radius 3 is 2.77 bits per heavy atom. The Kier molecular flexibility index (Phi) is 3.37. The molecule has 0 bridgehead atoms. The Labute approximate surface area is 84.3 Å². The highest BCUT2D eigenvalue weighted by molar-refractivity contribution is 7.80. The van der Waals surface area contributed by atoms with Gasteiger partial charge in [-0.3, -0.25) is 0 Å². The number of hydrogen-bond donors (Lipinski definition) is 2. The fourth-order valence-electron chi connectivity index (χ4n) is 1.29. The molecule has 0 unspecified atom stereocenters. The van der Waals surface area contributed by atoms with Crippen molar-refractivity contribution in [3.05, 3.63) is 29.0 Å². The molecule has 1 heterocycles. The molecule has 2 nitrogen and oxygen atoms in total. The van der Waals surface area contributed by atoms with Crippen molar-refractivity contribution in [3.63, 3.8) is 0 Å². The molecule has 0 fully saturated rings. The molecule has 1 aromatic rings. The fourth-order valence-corrected chi connectivity index (χ4v) is 1.40. The lowest BCUT2D eigenvalue weighted by Crippen LogP contribution is -1.97. The third-order valence-corrected chi connectivity index (χ3v) is 2.08. The van der Waals surface area contributed by atoms with E-state index in [1.165, 1.54) is 0 Å². The van der Waals surface area contributed by atoms with Crippen LogP contribution in [0.4, 0.5) is 5.82 Å². The molecular weight excluding hydrogens is 180 g/mol. The molecule has 0 aliphatic rings. The van der Waals surface area contributed by atoms with Crippen molar-refractivity contribution < 1.29 is 0 Å². The van der Waals surface area contributed by atoms with E-state index in [2.05, 4.69) is 17.6 Å². The first kappa shape index (κ1) is 10.1. The number of rotatable bonds is 2. The van der Waals surface area contributed by atoms with Crippen LogP contribution in [-0.2, 0) is 0 Å². The van der Waals surface area contributed by atoms with Gasteiger partial charge in [0.1, 0.15) is 5.82 Å². The molecule has 0 amide bonds. The standard InChI is InChI=1S/C10H14N2S/c1-7-6-10(11)12-8(2)9(7)4-3-5-13/h3-4,6,13H,5H2,1-2H3,(H2,11,12). The maximum absolute atomic E-state index is 5.61. The number of nitrogens with zero attached hydrogens (tertiary/aromatic N) is 1. The van der Waals surface area contributed by atoms with Gasteiger partial charge in [-0.15, -0.1) is 0 Å². The lowest BCUT2D eigenvalue weighted by atomic mass is 10.1. The minimum atomic E-state index is 0.582. The van der Waals surface area contributed by atoms with E-state index in [0.717, 1.165) is 22.6 Å². The summed E-state index contributed by atoms with van der Waals surface area (Å²) in [6, 6.07) is 1.88. The molecule has 0 aromatic carbocycles. The van der Waals surface area contributed by atoms with E-state index in [4.69, 9.17) is 5.73 Å². The topological polar surface area (TPSA) is 38.9 Å². The van der Waals surface area contributed by atoms with Crippen molar-refractivity contribution in [2.75, 3.05) is 11.5 Å². The Hall–Kier alpha value is -0.960. The van der Waals surface area contributed by atoms with Crippen LogP contribution in [0.3, 0.4) is 0 Å². The molecule has 0 saturated heterocycles. The molecule has 0 spiro atoms. The average molecular weight is 194 g/mol. The average Bonchev–Trinajstić information content (AvgIpc) is 2.02. The van der Waals surface area contributed by atoms with Gasteiger partial charge in [-0.05, 0) is 31.0 Å². The number of thiol groups is 1. The zero-order chi connectivity index (χ0) is 9.84. The van der Waals surface area contributed by atoms with Gasteiger partial charge in [0, 0.05) is 11.4 Å². The third kappa shape index (κ3) is 2.49. The van der Waals surface area contributed by atoms with Gasteiger partial charge in [-0.2, -0.15) is 12.6 Å². The predicted octanol–water partition coefficient (Wildman–Crippen LogP) is 2.22. The maximum atomic E-state index is 5.61. The van der Waals surface area contributed by atoms with Gasteiger partial charge in [0.25, 0.3) is 0 Å².